The molecule has 0 atom stereocenters. The summed E-state index contributed by atoms with van der Waals surface area (Å²) in [5, 5.41) is 4.06. The third kappa shape index (κ3) is 5.66. The number of amides is 1. The number of hydrogen-bond acceptors (Lipinski definition) is 4. The average molecular weight is 412 g/mol. The van der Waals surface area contributed by atoms with Gasteiger partial charge in [0.1, 0.15) is 0 Å². The molecule has 0 bridgehead atoms. The fraction of sp³-hybridized carbons (Fsp3) is 0.192. The summed E-state index contributed by atoms with van der Waals surface area (Å²) in [6.45, 7) is 3.16. The van der Waals surface area contributed by atoms with Crippen molar-refractivity contribution in [2.24, 2.45) is 0 Å². The Morgan fingerprint density at radius 1 is 0.839 bits per heavy atom. The molecule has 0 fully saturated rings. The van der Waals surface area contributed by atoms with Gasteiger partial charge in [-0.2, -0.15) is 4.98 Å². The summed E-state index contributed by atoms with van der Waals surface area (Å²) in [6.07, 6.45) is 0.729. The maximum Gasteiger partial charge on any atom is 0.227 e. The number of benzene rings is 3. The van der Waals surface area contributed by atoms with E-state index in [0.717, 1.165) is 16.7 Å². The standard InChI is InChI=1S/C26H25N3O2/c1-20-12-14-23(15-13-20)26-27-24(31-28-26)16-17-25(30)29(18-21-8-4-2-5-9-21)19-22-10-6-3-7-11-22/h2-15H,16-19H2,1H3. The van der Waals surface area contributed by atoms with Crippen LogP contribution in [0.1, 0.15) is 29.0 Å². The van der Waals surface area contributed by atoms with Gasteiger partial charge in [-0.15, -0.1) is 0 Å². The zero-order valence-corrected chi connectivity index (χ0v) is 17.6. The highest BCUT2D eigenvalue weighted by molar-refractivity contribution is 5.76. The van der Waals surface area contributed by atoms with Gasteiger partial charge in [-0.05, 0) is 18.1 Å². The molecule has 1 heterocycles. The Kier molecular flexibility index (Phi) is 6.53. The Hall–Kier alpha value is -3.73. The molecule has 4 rings (SSSR count). The summed E-state index contributed by atoms with van der Waals surface area (Å²) >= 11 is 0. The second-order valence-electron chi connectivity index (χ2n) is 7.60. The number of carbonyl (C=O) groups excluding carboxylic acids is 1. The average Bonchev–Trinajstić information content (AvgIpc) is 3.28. The number of aryl methyl sites for hydroxylation is 2. The van der Waals surface area contributed by atoms with Crippen molar-refractivity contribution in [3.05, 3.63) is 108 Å². The van der Waals surface area contributed by atoms with E-state index in [2.05, 4.69) is 10.1 Å². The van der Waals surface area contributed by atoms with Crippen molar-refractivity contribution in [3.63, 3.8) is 0 Å². The molecule has 1 aromatic heterocycles. The van der Waals surface area contributed by atoms with Crippen LogP contribution in [0.25, 0.3) is 11.4 Å². The summed E-state index contributed by atoms with van der Waals surface area (Å²) in [5.74, 6) is 1.08. The van der Waals surface area contributed by atoms with E-state index in [0.29, 0.717) is 37.6 Å². The summed E-state index contributed by atoms with van der Waals surface area (Å²) in [4.78, 5) is 19.4. The number of aromatic nitrogens is 2. The SMILES string of the molecule is Cc1ccc(-c2noc(CCC(=O)N(Cc3ccccc3)Cc3ccccc3)n2)cc1. The molecule has 1 amide bonds. The lowest BCUT2D eigenvalue weighted by atomic mass is 10.1. The Morgan fingerprint density at radius 3 is 2.00 bits per heavy atom. The van der Waals surface area contributed by atoms with Crippen LogP contribution in [0.15, 0.2) is 89.5 Å². The van der Waals surface area contributed by atoms with Gasteiger partial charge in [0.25, 0.3) is 0 Å². The first-order valence-electron chi connectivity index (χ1n) is 10.4. The van der Waals surface area contributed by atoms with Crippen molar-refractivity contribution in [2.45, 2.75) is 32.9 Å². The lowest BCUT2D eigenvalue weighted by molar-refractivity contribution is -0.132. The van der Waals surface area contributed by atoms with Gasteiger partial charge in [-0.3, -0.25) is 4.79 Å². The van der Waals surface area contributed by atoms with E-state index >= 15 is 0 Å². The molecule has 0 saturated heterocycles. The smallest absolute Gasteiger partial charge is 0.227 e. The molecule has 5 heteroatoms. The largest absolute Gasteiger partial charge is 0.339 e. The van der Waals surface area contributed by atoms with Crippen molar-refractivity contribution in [2.75, 3.05) is 0 Å². The quantitative estimate of drug-likeness (QED) is 0.399. The monoisotopic (exact) mass is 411 g/mol. The van der Waals surface area contributed by atoms with Crippen LogP contribution in [0.5, 0.6) is 0 Å². The van der Waals surface area contributed by atoms with Gasteiger partial charge in [0.15, 0.2) is 0 Å². The van der Waals surface area contributed by atoms with Crippen LogP contribution in [-0.4, -0.2) is 20.9 Å². The van der Waals surface area contributed by atoms with E-state index in [1.165, 1.54) is 5.56 Å². The Morgan fingerprint density at radius 2 is 1.42 bits per heavy atom. The van der Waals surface area contributed by atoms with Gasteiger partial charge in [0.05, 0.1) is 0 Å². The van der Waals surface area contributed by atoms with Crippen LogP contribution in [0.3, 0.4) is 0 Å². The summed E-state index contributed by atoms with van der Waals surface area (Å²) < 4.78 is 5.38. The molecule has 0 aliphatic heterocycles. The lowest BCUT2D eigenvalue weighted by Gasteiger charge is -2.23. The highest BCUT2D eigenvalue weighted by Gasteiger charge is 2.17. The molecule has 0 aliphatic rings. The first kappa shape index (κ1) is 20.5. The van der Waals surface area contributed by atoms with Crippen LogP contribution in [0.2, 0.25) is 0 Å². The minimum atomic E-state index is 0.0581. The summed E-state index contributed by atoms with van der Waals surface area (Å²) in [6, 6.07) is 28.0. The van der Waals surface area contributed by atoms with Crippen molar-refractivity contribution in [1.82, 2.24) is 15.0 Å². The third-order valence-electron chi connectivity index (χ3n) is 5.12. The van der Waals surface area contributed by atoms with Gasteiger partial charge >= 0.3 is 0 Å². The van der Waals surface area contributed by atoms with Crippen LogP contribution in [0, 0.1) is 6.92 Å². The van der Waals surface area contributed by atoms with Crippen LogP contribution in [0.4, 0.5) is 0 Å². The topological polar surface area (TPSA) is 59.2 Å². The van der Waals surface area contributed by atoms with Crippen LogP contribution < -0.4 is 0 Å². The van der Waals surface area contributed by atoms with E-state index in [1.54, 1.807) is 0 Å². The second-order valence-corrected chi connectivity index (χ2v) is 7.60. The highest BCUT2D eigenvalue weighted by Crippen LogP contribution is 2.18. The van der Waals surface area contributed by atoms with Gasteiger partial charge in [0, 0.05) is 31.5 Å². The minimum Gasteiger partial charge on any atom is -0.339 e. The highest BCUT2D eigenvalue weighted by atomic mass is 16.5. The van der Waals surface area contributed by atoms with Crippen molar-refractivity contribution < 1.29 is 9.32 Å². The molecule has 0 saturated carbocycles. The van der Waals surface area contributed by atoms with E-state index in [4.69, 9.17) is 4.52 Å². The molecule has 0 radical (unpaired) electrons. The maximum absolute atomic E-state index is 13.1. The van der Waals surface area contributed by atoms with Crippen molar-refractivity contribution in [3.8, 4) is 11.4 Å². The first-order valence-corrected chi connectivity index (χ1v) is 10.4. The zero-order valence-electron chi connectivity index (χ0n) is 17.6. The fourth-order valence-electron chi connectivity index (χ4n) is 3.39. The van der Waals surface area contributed by atoms with Crippen molar-refractivity contribution in [1.29, 1.82) is 0 Å². The lowest BCUT2D eigenvalue weighted by Crippen LogP contribution is -2.30. The number of nitrogens with zero attached hydrogens (tertiary/aromatic N) is 3. The first-order chi connectivity index (χ1) is 15.2. The Bertz CT molecular complexity index is 1060. The molecule has 5 nitrogen and oxygen atoms in total. The number of rotatable bonds is 8. The normalized spacial score (nSPS) is 10.7. The van der Waals surface area contributed by atoms with Gasteiger partial charge in [0.2, 0.25) is 17.6 Å². The maximum atomic E-state index is 13.1. The molecule has 4 aromatic rings. The summed E-state index contributed by atoms with van der Waals surface area (Å²) in [7, 11) is 0. The Balaban J connectivity index is 1.42. The Labute approximate surface area is 182 Å². The molecular weight excluding hydrogens is 386 g/mol. The minimum absolute atomic E-state index is 0.0581. The molecule has 156 valence electrons. The predicted molar refractivity (Wildman–Crippen MR) is 120 cm³/mol. The fourth-order valence-corrected chi connectivity index (χ4v) is 3.39. The van der Waals surface area contributed by atoms with Gasteiger partial charge in [-0.1, -0.05) is 95.6 Å². The van der Waals surface area contributed by atoms with Crippen LogP contribution >= 0.6 is 0 Å². The zero-order chi connectivity index (χ0) is 21.5. The van der Waals surface area contributed by atoms with Gasteiger partial charge in [-0.25, -0.2) is 0 Å². The summed E-state index contributed by atoms with van der Waals surface area (Å²) in [5.41, 5.74) is 4.29. The number of carbonyl (C=O) groups is 1. The molecule has 0 unspecified atom stereocenters. The number of hydrogen-bond donors (Lipinski definition) is 0. The third-order valence-corrected chi connectivity index (χ3v) is 5.12. The van der Waals surface area contributed by atoms with E-state index in [1.807, 2.05) is 96.8 Å². The molecule has 0 N–H and O–H groups in total. The molecule has 0 spiro atoms. The predicted octanol–water partition coefficient (Wildman–Crippen LogP) is 5.21. The van der Waals surface area contributed by atoms with Crippen LogP contribution in [-0.2, 0) is 24.3 Å². The van der Waals surface area contributed by atoms with E-state index in [9.17, 15) is 4.79 Å². The van der Waals surface area contributed by atoms with Gasteiger partial charge < -0.3 is 9.42 Å². The molecule has 3 aromatic carbocycles. The van der Waals surface area contributed by atoms with Crippen molar-refractivity contribution >= 4 is 5.91 Å². The second kappa shape index (κ2) is 9.85. The van der Waals surface area contributed by atoms with E-state index in [-0.39, 0.29) is 5.91 Å². The molecular formula is C26H25N3O2. The molecule has 0 aliphatic carbocycles. The van der Waals surface area contributed by atoms with E-state index < -0.39 is 0 Å². The molecule has 31 heavy (non-hydrogen) atoms.